The number of carbonyl (C=O) groups excluding carboxylic acids is 2. The highest BCUT2D eigenvalue weighted by molar-refractivity contribution is 7.89. The normalized spacial score (nSPS) is 20.8. The molecule has 2 amide bonds. The molecule has 2 aliphatic rings. The largest absolute Gasteiger partial charge is 0.395 e. The van der Waals surface area contributed by atoms with Gasteiger partial charge in [0.05, 0.1) is 17.5 Å². The molecule has 1 aromatic heterocycles. The minimum absolute atomic E-state index is 0.0311. The van der Waals surface area contributed by atoms with Crippen molar-refractivity contribution in [2.45, 2.75) is 30.3 Å². The Hall–Kier alpha value is -3.28. The highest BCUT2D eigenvalue weighted by Crippen LogP contribution is 2.27. The number of aryl methyl sites for hydroxylation is 1. The zero-order chi connectivity index (χ0) is 25.9. The third kappa shape index (κ3) is 5.43. The number of nitrogens with zero attached hydrogens (tertiary/aromatic N) is 4. The third-order valence-electron chi connectivity index (χ3n) is 6.58. The molecule has 2 atom stereocenters. The minimum atomic E-state index is -3.93. The molecule has 1 aromatic carbocycles. The summed E-state index contributed by atoms with van der Waals surface area (Å²) >= 11 is 0. The van der Waals surface area contributed by atoms with Crippen LogP contribution in [0, 0.1) is 6.92 Å². The maximum Gasteiger partial charge on any atom is 0.253 e. The predicted octanol–water partition coefficient (Wildman–Crippen LogP) is 0.779. The van der Waals surface area contributed by atoms with E-state index >= 15 is 0 Å². The molecule has 0 aliphatic carbocycles. The van der Waals surface area contributed by atoms with E-state index in [-0.39, 0.29) is 24.0 Å². The van der Waals surface area contributed by atoms with Gasteiger partial charge in [0.1, 0.15) is 5.82 Å². The van der Waals surface area contributed by atoms with E-state index in [1.165, 1.54) is 28.6 Å². The molecule has 0 bridgehead atoms. The summed E-state index contributed by atoms with van der Waals surface area (Å²) in [5, 5.41) is 12.4. The van der Waals surface area contributed by atoms with Crippen LogP contribution in [0.25, 0.3) is 0 Å². The number of benzene rings is 1. The Labute approximate surface area is 211 Å². The Bertz CT molecular complexity index is 1230. The molecule has 2 unspecified atom stereocenters. The fourth-order valence-corrected chi connectivity index (χ4v) is 6.31. The van der Waals surface area contributed by atoms with Gasteiger partial charge in [0.15, 0.2) is 0 Å². The lowest BCUT2D eigenvalue weighted by atomic mass is 10.2. The second kappa shape index (κ2) is 10.8. The first kappa shape index (κ1) is 25.8. The number of hydrogen-bond acceptors (Lipinski definition) is 7. The third-order valence-corrected chi connectivity index (χ3v) is 8.51. The Balaban J connectivity index is 1.41. The number of hydrogen-bond donors (Lipinski definition) is 2. The second-order valence-electron chi connectivity index (χ2n) is 9.00. The Morgan fingerprint density at radius 1 is 1.14 bits per heavy atom. The summed E-state index contributed by atoms with van der Waals surface area (Å²) in [5.74, 6) is 0.346. The second-order valence-corrected chi connectivity index (χ2v) is 10.9. The van der Waals surface area contributed by atoms with Gasteiger partial charge in [-0.05, 0) is 55.8 Å². The molecule has 11 heteroatoms. The van der Waals surface area contributed by atoms with E-state index in [4.69, 9.17) is 0 Å². The molecule has 36 heavy (non-hydrogen) atoms. The molecule has 2 aromatic rings. The summed E-state index contributed by atoms with van der Waals surface area (Å²) in [5.41, 5.74) is 1.35. The Morgan fingerprint density at radius 3 is 2.44 bits per heavy atom. The molecule has 3 heterocycles. The average Bonchev–Trinajstić information content (AvgIpc) is 3.32. The van der Waals surface area contributed by atoms with Gasteiger partial charge < -0.3 is 20.2 Å². The van der Waals surface area contributed by atoms with Crippen LogP contribution in [0.1, 0.15) is 22.5 Å². The first-order chi connectivity index (χ1) is 17.2. The number of carbonyl (C=O) groups is 2. The van der Waals surface area contributed by atoms with E-state index in [0.717, 1.165) is 17.6 Å². The van der Waals surface area contributed by atoms with E-state index in [1.807, 2.05) is 25.1 Å². The van der Waals surface area contributed by atoms with Crippen molar-refractivity contribution in [1.29, 1.82) is 0 Å². The summed E-state index contributed by atoms with van der Waals surface area (Å²) in [6.07, 6.45) is 1.43. The van der Waals surface area contributed by atoms with E-state index < -0.39 is 28.0 Å². The summed E-state index contributed by atoms with van der Waals surface area (Å²) in [4.78, 5) is 33.1. The molecule has 2 saturated heterocycles. The lowest BCUT2D eigenvalue weighted by molar-refractivity contribution is -0.117. The molecule has 10 nitrogen and oxygen atoms in total. The van der Waals surface area contributed by atoms with Crippen molar-refractivity contribution in [3.05, 3.63) is 66.4 Å². The number of sulfonamides is 1. The van der Waals surface area contributed by atoms with Crippen LogP contribution in [0.4, 0.5) is 5.82 Å². The predicted molar refractivity (Wildman–Crippen MR) is 135 cm³/mol. The summed E-state index contributed by atoms with van der Waals surface area (Å²) < 4.78 is 27.7. The van der Waals surface area contributed by atoms with Crippen molar-refractivity contribution in [3.8, 4) is 0 Å². The summed E-state index contributed by atoms with van der Waals surface area (Å²) in [7, 11) is -3.93. The number of anilines is 1. The van der Waals surface area contributed by atoms with Gasteiger partial charge in [-0.15, -0.1) is 0 Å². The Kier molecular flexibility index (Phi) is 7.72. The Morgan fingerprint density at radius 2 is 1.83 bits per heavy atom. The summed E-state index contributed by atoms with van der Waals surface area (Å²) in [6.45, 7) is 7.44. The van der Waals surface area contributed by atoms with Gasteiger partial charge in [-0.3, -0.25) is 9.59 Å². The maximum atomic E-state index is 13.3. The highest BCUT2D eigenvalue weighted by atomic mass is 32.2. The highest BCUT2D eigenvalue weighted by Gasteiger charge is 2.40. The molecule has 4 rings (SSSR count). The van der Waals surface area contributed by atoms with E-state index in [2.05, 4.69) is 21.8 Å². The van der Waals surface area contributed by atoms with Crippen LogP contribution >= 0.6 is 0 Å². The van der Waals surface area contributed by atoms with Crippen LogP contribution in [0.2, 0.25) is 0 Å². The lowest BCUT2D eigenvalue weighted by Gasteiger charge is -2.35. The van der Waals surface area contributed by atoms with Crippen LogP contribution < -0.4 is 10.2 Å². The number of aromatic nitrogens is 1. The van der Waals surface area contributed by atoms with E-state index in [9.17, 15) is 23.1 Å². The van der Waals surface area contributed by atoms with Crippen LogP contribution in [0.5, 0.6) is 0 Å². The number of pyridine rings is 1. The van der Waals surface area contributed by atoms with Crippen molar-refractivity contribution in [1.82, 2.24) is 19.5 Å². The number of piperazine rings is 1. The van der Waals surface area contributed by atoms with Gasteiger partial charge in [0.25, 0.3) is 5.91 Å². The van der Waals surface area contributed by atoms with E-state index in [1.54, 1.807) is 4.90 Å². The number of aliphatic hydroxyl groups excluding tert-OH is 1. The number of rotatable bonds is 7. The number of amides is 2. The molecule has 2 fully saturated rings. The van der Waals surface area contributed by atoms with Gasteiger partial charge in [-0.25, -0.2) is 13.4 Å². The van der Waals surface area contributed by atoms with Crippen LogP contribution in [-0.4, -0.2) is 90.9 Å². The fourth-order valence-electron chi connectivity index (χ4n) is 4.64. The van der Waals surface area contributed by atoms with Gasteiger partial charge >= 0.3 is 0 Å². The fraction of sp³-hybridized carbons (Fsp3) is 0.400. The smallest absolute Gasteiger partial charge is 0.253 e. The minimum Gasteiger partial charge on any atom is -0.395 e. The van der Waals surface area contributed by atoms with Gasteiger partial charge in [0.2, 0.25) is 15.9 Å². The van der Waals surface area contributed by atoms with Crippen molar-refractivity contribution >= 4 is 27.7 Å². The van der Waals surface area contributed by atoms with Gasteiger partial charge in [-0.2, -0.15) is 4.31 Å². The van der Waals surface area contributed by atoms with Crippen molar-refractivity contribution in [2.24, 2.45) is 0 Å². The topological polar surface area (TPSA) is 123 Å². The zero-order valence-corrected chi connectivity index (χ0v) is 21.0. The van der Waals surface area contributed by atoms with Crippen LogP contribution in [0.3, 0.4) is 0 Å². The molecule has 0 spiro atoms. The molecular weight excluding hydrogens is 482 g/mol. The number of nitrogens with one attached hydrogen (secondary N) is 1. The molecule has 2 N–H and O–H groups in total. The lowest BCUT2D eigenvalue weighted by Crippen LogP contribution is -2.49. The van der Waals surface area contributed by atoms with Gasteiger partial charge in [0, 0.05) is 50.0 Å². The quantitative estimate of drug-likeness (QED) is 0.525. The first-order valence-electron chi connectivity index (χ1n) is 11.9. The van der Waals surface area contributed by atoms with Crippen LogP contribution in [-0.2, 0) is 14.8 Å². The van der Waals surface area contributed by atoms with Crippen molar-refractivity contribution in [3.63, 3.8) is 0 Å². The molecule has 0 radical (unpaired) electrons. The zero-order valence-electron chi connectivity index (χ0n) is 20.2. The number of aliphatic hydroxyl groups is 1. The molecular formula is C25H31N5O5S. The maximum absolute atomic E-state index is 13.3. The van der Waals surface area contributed by atoms with E-state index in [0.29, 0.717) is 38.2 Å². The monoisotopic (exact) mass is 513 g/mol. The average molecular weight is 514 g/mol. The van der Waals surface area contributed by atoms with Crippen LogP contribution in [0.15, 0.2) is 60.0 Å². The SMILES string of the molecule is C=CC(=O)NC1CC(CO)N(S(=O)(=O)c2ccc(C(=O)N3CCN(c4cccc(C)n4)CC3)cc2)C1. The molecule has 2 aliphatic heterocycles. The molecule has 0 saturated carbocycles. The summed E-state index contributed by atoms with van der Waals surface area (Å²) in [6, 6.07) is 10.7. The first-order valence-corrected chi connectivity index (χ1v) is 13.3. The standard InChI is InChI=1S/C25H31N5O5S/c1-3-24(32)27-20-15-21(17-31)30(16-20)36(34,35)22-9-7-19(8-10-22)25(33)29-13-11-28(12-14-29)23-6-4-5-18(2)26-23/h3-10,20-21,31H,1,11-17H2,2H3,(H,27,32). The molecule has 192 valence electrons. The van der Waals surface area contributed by atoms with Crippen molar-refractivity contribution < 1.29 is 23.1 Å². The van der Waals surface area contributed by atoms with Crippen molar-refractivity contribution in [2.75, 3.05) is 44.2 Å². The van der Waals surface area contributed by atoms with Gasteiger partial charge in [-0.1, -0.05) is 12.6 Å².